The fraction of sp³-hybridized carbons (Fsp3) is 1.00. The van der Waals surface area contributed by atoms with Gasteiger partial charge in [-0.3, -0.25) is 4.90 Å². The van der Waals surface area contributed by atoms with Gasteiger partial charge in [-0.25, -0.2) is 0 Å². The van der Waals surface area contributed by atoms with Crippen molar-refractivity contribution in [3.05, 3.63) is 0 Å². The molecule has 2 atom stereocenters. The summed E-state index contributed by atoms with van der Waals surface area (Å²) in [4.78, 5) is 2.83. The first-order chi connectivity index (χ1) is 8.71. The third-order valence-electron chi connectivity index (χ3n) is 5.24. The van der Waals surface area contributed by atoms with Crippen molar-refractivity contribution in [2.45, 2.75) is 89.8 Å². The van der Waals surface area contributed by atoms with E-state index in [1.165, 1.54) is 64.5 Å². The first-order valence-electron chi connectivity index (χ1n) is 8.21. The minimum atomic E-state index is 0.478. The van der Waals surface area contributed by atoms with Crippen molar-refractivity contribution in [1.29, 1.82) is 0 Å². The van der Waals surface area contributed by atoms with Crippen molar-refractivity contribution in [2.75, 3.05) is 13.1 Å². The van der Waals surface area contributed by atoms with E-state index in [0.29, 0.717) is 5.54 Å². The number of unbranched alkanes of at least 4 members (excludes halogenated alkanes) is 1. The molecule has 2 nitrogen and oxygen atoms in total. The van der Waals surface area contributed by atoms with Crippen molar-refractivity contribution in [1.82, 2.24) is 10.2 Å². The predicted molar refractivity (Wildman–Crippen MR) is 79.0 cm³/mol. The van der Waals surface area contributed by atoms with Crippen molar-refractivity contribution in [2.24, 2.45) is 0 Å². The quantitative estimate of drug-likeness (QED) is 0.805. The summed E-state index contributed by atoms with van der Waals surface area (Å²) in [5.74, 6) is 0. The molecule has 1 aliphatic carbocycles. The summed E-state index contributed by atoms with van der Waals surface area (Å²) in [5, 5.41) is 3.89. The third kappa shape index (κ3) is 3.08. The zero-order valence-electron chi connectivity index (χ0n) is 12.7. The molecule has 1 N–H and O–H groups in total. The Hall–Kier alpha value is -0.0800. The van der Waals surface area contributed by atoms with Gasteiger partial charge in [0.2, 0.25) is 0 Å². The Kier molecular flexibility index (Phi) is 5.08. The average molecular weight is 252 g/mol. The van der Waals surface area contributed by atoms with Gasteiger partial charge in [0.25, 0.3) is 0 Å². The van der Waals surface area contributed by atoms with Crippen LogP contribution >= 0.6 is 0 Å². The molecule has 1 spiro atoms. The lowest BCUT2D eigenvalue weighted by Gasteiger charge is -2.49. The molecule has 0 amide bonds. The summed E-state index contributed by atoms with van der Waals surface area (Å²) in [6.45, 7) is 9.62. The lowest BCUT2D eigenvalue weighted by atomic mass is 9.90. The van der Waals surface area contributed by atoms with Gasteiger partial charge in [-0.1, -0.05) is 39.5 Å². The van der Waals surface area contributed by atoms with Crippen LogP contribution in [0.25, 0.3) is 0 Å². The van der Waals surface area contributed by atoms with Gasteiger partial charge >= 0.3 is 0 Å². The van der Waals surface area contributed by atoms with Crippen LogP contribution in [0.15, 0.2) is 0 Å². The van der Waals surface area contributed by atoms with Crippen molar-refractivity contribution in [3.8, 4) is 0 Å². The molecule has 2 fully saturated rings. The molecule has 2 unspecified atom stereocenters. The molecule has 1 saturated heterocycles. The minimum absolute atomic E-state index is 0.478. The van der Waals surface area contributed by atoms with Gasteiger partial charge in [0, 0.05) is 30.7 Å². The van der Waals surface area contributed by atoms with Crippen LogP contribution in [0, 0.1) is 0 Å². The number of piperazine rings is 1. The van der Waals surface area contributed by atoms with Gasteiger partial charge in [0.05, 0.1) is 0 Å². The number of nitrogens with one attached hydrogen (secondary N) is 1. The summed E-state index contributed by atoms with van der Waals surface area (Å²) >= 11 is 0. The number of rotatable bonds is 5. The second kappa shape index (κ2) is 6.38. The van der Waals surface area contributed by atoms with E-state index in [-0.39, 0.29) is 0 Å². The Bertz CT molecular complexity index is 245. The van der Waals surface area contributed by atoms with Crippen LogP contribution in [0.5, 0.6) is 0 Å². The lowest BCUT2D eigenvalue weighted by Crippen LogP contribution is -2.64. The zero-order chi connectivity index (χ0) is 13.0. The SMILES string of the molecule is CCCCC(C)N1CC2(CCCC2)NCC1CC. The molecule has 18 heavy (non-hydrogen) atoms. The highest BCUT2D eigenvalue weighted by atomic mass is 15.3. The van der Waals surface area contributed by atoms with Crippen molar-refractivity contribution >= 4 is 0 Å². The van der Waals surface area contributed by atoms with E-state index in [2.05, 4.69) is 31.0 Å². The Morgan fingerprint density at radius 2 is 2.00 bits per heavy atom. The summed E-state index contributed by atoms with van der Waals surface area (Å²) in [5.41, 5.74) is 0.478. The molecule has 1 heterocycles. The first-order valence-corrected chi connectivity index (χ1v) is 8.21. The van der Waals surface area contributed by atoms with Gasteiger partial charge in [0.15, 0.2) is 0 Å². The van der Waals surface area contributed by atoms with Crippen LogP contribution in [0.1, 0.15) is 72.1 Å². The average Bonchev–Trinajstić information content (AvgIpc) is 2.84. The molecule has 0 radical (unpaired) electrons. The van der Waals surface area contributed by atoms with Gasteiger partial charge in [0.1, 0.15) is 0 Å². The Morgan fingerprint density at radius 3 is 2.61 bits per heavy atom. The van der Waals surface area contributed by atoms with Crippen LogP contribution in [0.2, 0.25) is 0 Å². The summed E-state index contributed by atoms with van der Waals surface area (Å²) in [7, 11) is 0. The molecule has 0 aromatic rings. The van der Waals surface area contributed by atoms with Gasteiger partial charge in [-0.2, -0.15) is 0 Å². The van der Waals surface area contributed by atoms with Crippen LogP contribution in [0.4, 0.5) is 0 Å². The van der Waals surface area contributed by atoms with E-state index >= 15 is 0 Å². The van der Waals surface area contributed by atoms with E-state index in [1.54, 1.807) is 0 Å². The monoisotopic (exact) mass is 252 g/mol. The molecule has 0 aromatic carbocycles. The van der Waals surface area contributed by atoms with Crippen LogP contribution < -0.4 is 5.32 Å². The topological polar surface area (TPSA) is 15.3 Å². The number of hydrogen-bond acceptors (Lipinski definition) is 2. The molecule has 2 aliphatic rings. The number of hydrogen-bond donors (Lipinski definition) is 1. The van der Waals surface area contributed by atoms with E-state index in [1.807, 2.05) is 0 Å². The Labute approximate surface area is 114 Å². The largest absolute Gasteiger partial charge is 0.308 e. The maximum atomic E-state index is 3.89. The van der Waals surface area contributed by atoms with Crippen LogP contribution in [-0.2, 0) is 0 Å². The smallest absolute Gasteiger partial charge is 0.0309 e. The molecule has 1 aliphatic heterocycles. The van der Waals surface area contributed by atoms with E-state index in [0.717, 1.165) is 12.1 Å². The fourth-order valence-corrected chi connectivity index (χ4v) is 3.93. The van der Waals surface area contributed by atoms with Gasteiger partial charge in [-0.15, -0.1) is 0 Å². The molecule has 0 bridgehead atoms. The highest BCUT2D eigenvalue weighted by molar-refractivity contribution is 5.01. The molecule has 2 rings (SSSR count). The molecule has 2 heteroatoms. The van der Waals surface area contributed by atoms with Gasteiger partial charge in [-0.05, 0) is 32.6 Å². The summed E-state index contributed by atoms with van der Waals surface area (Å²) in [6.07, 6.45) is 11.1. The Balaban J connectivity index is 1.98. The molecular weight excluding hydrogens is 220 g/mol. The fourth-order valence-electron chi connectivity index (χ4n) is 3.93. The molecule has 106 valence electrons. The summed E-state index contributed by atoms with van der Waals surface area (Å²) in [6, 6.07) is 1.54. The zero-order valence-corrected chi connectivity index (χ0v) is 12.7. The highest BCUT2D eigenvalue weighted by Gasteiger charge is 2.41. The predicted octanol–water partition coefficient (Wildman–Crippen LogP) is 3.56. The van der Waals surface area contributed by atoms with E-state index in [9.17, 15) is 0 Å². The second-order valence-electron chi connectivity index (χ2n) is 6.59. The minimum Gasteiger partial charge on any atom is -0.308 e. The first kappa shape index (κ1) is 14.3. The molecule has 1 saturated carbocycles. The molecule has 0 aromatic heterocycles. The normalized spacial score (nSPS) is 29.8. The van der Waals surface area contributed by atoms with E-state index in [4.69, 9.17) is 0 Å². The second-order valence-corrected chi connectivity index (χ2v) is 6.59. The standard InChI is InChI=1S/C16H32N2/c1-4-6-9-14(3)18-13-16(10-7-8-11-16)17-12-15(18)5-2/h14-15,17H,4-13H2,1-3H3. The maximum Gasteiger partial charge on any atom is 0.0309 e. The highest BCUT2D eigenvalue weighted by Crippen LogP contribution is 2.34. The maximum absolute atomic E-state index is 3.89. The lowest BCUT2D eigenvalue weighted by molar-refractivity contribution is 0.0430. The molecular formula is C16H32N2. The Morgan fingerprint density at radius 1 is 1.28 bits per heavy atom. The summed E-state index contributed by atoms with van der Waals surface area (Å²) < 4.78 is 0. The number of nitrogens with zero attached hydrogens (tertiary/aromatic N) is 1. The van der Waals surface area contributed by atoms with E-state index < -0.39 is 0 Å². The third-order valence-corrected chi connectivity index (χ3v) is 5.24. The van der Waals surface area contributed by atoms with Gasteiger partial charge < -0.3 is 5.32 Å². The van der Waals surface area contributed by atoms with Crippen LogP contribution in [-0.4, -0.2) is 35.6 Å². The van der Waals surface area contributed by atoms with Crippen LogP contribution in [0.3, 0.4) is 0 Å². The van der Waals surface area contributed by atoms with Crippen molar-refractivity contribution < 1.29 is 0 Å². The van der Waals surface area contributed by atoms with Crippen molar-refractivity contribution in [3.63, 3.8) is 0 Å².